The minimum Gasteiger partial charge on any atom is -0.366 e. The Hall–Kier alpha value is -2.86. The first kappa shape index (κ1) is 13.6. The molecule has 3 nitrogen and oxygen atoms in total. The van der Waals surface area contributed by atoms with Crippen molar-refractivity contribution in [1.29, 1.82) is 5.26 Å². The van der Waals surface area contributed by atoms with Crippen molar-refractivity contribution in [2.45, 2.75) is 6.92 Å². The quantitative estimate of drug-likeness (QED) is 0.863. The first-order chi connectivity index (χ1) is 9.60. The molecule has 0 radical (unpaired) electrons. The fourth-order valence-electron chi connectivity index (χ4n) is 1.87. The number of nitrogens with zero attached hydrogens (tertiary/aromatic N) is 1. The highest BCUT2D eigenvalue weighted by molar-refractivity contribution is 5.93. The van der Waals surface area contributed by atoms with Crippen LogP contribution in [0.25, 0.3) is 12.2 Å². The molecule has 0 saturated carbocycles. The van der Waals surface area contributed by atoms with Crippen molar-refractivity contribution in [2.24, 2.45) is 5.73 Å². The first-order valence-corrected chi connectivity index (χ1v) is 6.19. The maximum atomic E-state index is 11.1. The zero-order valence-electron chi connectivity index (χ0n) is 11.1. The monoisotopic (exact) mass is 262 g/mol. The maximum absolute atomic E-state index is 11.1. The lowest BCUT2D eigenvalue weighted by Crippen LogP contribution is -2.10. The van der Waals surface area contributed by atoms with Gasteiger partial charge in [0.05, 0.1) is 11.6 Å². The van der Waals surface area contributed by atoms with Crippen LogP contribution in [0.4, 0.5) is 0 Å². The van der Waals surface area contributed by atoms with Gasteiger partial charge < -0.3 is 5.73 Å². The minimum atomic E-state index is -0.442. The number of aryl methyl sites for hydroxylation is 1. The van der Waals surface area contributed by atoms with E-state index < -0.39 is 5.91 Å². The summed E-state index contributed by atoms with van der Waals surface area (Å²) >= 11 is 0. The Morgan fingerprint density at radius 2 is 2.00 bits per heavy atom. The molecule has 0 atom stereocenters. The number of amides is 1. The van der Waals surface area contributed by atoms with E-state index in [0.717, 1.165) is 16.7 Å². The molecule has 98 valence electrons. The van der Waals surface area contributed by atoms with Crippen molar-refractivity contribution in [3.8, 4) is 6.07 Å². The van der Waals surface area contributed by atoms with Gasteiger partial charge in [-0.05, 0) is 47.9 Å². The highest BCUT2D eigenvalue weighted by atomic mass is 16.1. The number of carbonyl (C=O) groups is 1. The van der Waals surface area contributed by atoms with E-state index in [0.29, 0.717) is 11.1 Å². The van der Waals surface area contributed by atoms with Crippen molar-refractivity contribution in [3.63, 3.8) is 0 Å². The number of nitriles is 1. The second-order valence-electron chi connectivity index (χ2n) is 4.51. The number of primary amides is 1. The third-order valence-electron chi connectivity index (χ3n) is 3.03. The molecule has 0 spiro atoms. The van der Waals surface area contributed by atoms with E-state index in [9.17, 15) is 4.79 Å². The van der Waals surface area contributed by atoms with Crippen LogP contribution in [0.3, 0.4) is 0 Å². The Morgan fingerprint density at radius 3 is 2.70 bits per heavy atom. The lowest BCUT2D eigenvalue weighted by atomic mass is 10.0. The molecule has 2 N–H and O–H groups in total. The van der Waals surface area contributed by atoms with Gasteiger partial charge in [0.2, 0.25) is 5.91 Å². The summed E-state index contributed by atoms with van der Waals surface area (Å²) in [4.78, 5) is 11.1. The van der Waals surface area contributed by atoms with Crippen LogP contribution >= 0.6 is 0 Å². The highest BCUT2D eigenvalue weighted by Crippen LogP contribution is 2.15. The zero-order chi connectivity index (χ0) is 14.5. The molecule has 0 unspecified atom stereocenters. The van der Waals surface area contributed by atoms with Gasteiger partial charge in [0.25, 0.3) is 0 Å². The largest absolute Gasteiger partial charge is 0.366 e. The van der Waals surface area contributed by atoms with Gasteiger partial charge in [-0.1, -0.05) is 30.4 Å². The minimum absolute atomic E-state index is 0.442. The van der Waals surface area contributed by atoms with Gasteiger partial charge >= 0.3 is 0 Å². The topological polar surface area (TPSA) is 66.9 Å². The summed E-state index contributed by atoms with van der Waals surface area (Å²) in [6.07, 6.45) is 3.83. The van der Waals surface area contributed by atoms with Crippen LogP contribution in [0.5, 0.6) is 0 Å². The summed E-state index contributed by atoms with van der Waals surface area (Å²) in [5, 5.41) is 8.91. The van der Waals surface area contributed by atoms with E-state index in [1.54, 1.807) is 24.3 Å². The highest BCUT2D eigenvalue weighted by Gasteiger charge is 2.00. The molecule has 0 fully saturated rings. The summed E-state index contributed by atoms with van der Waals surface area (Å²) in [7, 11) is 0. The van der Waals surface area contributed by atoms with Crippen LogP contribution in [0, 0.1) is 18.3 Å². The molecule has 1 amide bonds. The number of benzene rings is 2. The number of nitrogens with two attached hydrogens (primary N) is 1. The summed E-state index contributed by atoms with van der Waals surface area (Å²) in [6.45, 7) is 1.99. The first-order valence-electron chi connectivity index (χ1n) is 6.19. The van der Waals surface area contributed by atoms with Crippen LogP contribution in [-0.4, -0.2) is 5.91 Å². The molecule has 2 rings (SSSR count). The fraction of sp³-hybridized carbons (Fsp3) is 0.0588. The lowest BCUT2D eigenvalue weighted by Gasteiger charge is -2.01. The van der Waals surface area contributed by atoms with Crippen molar-refractivity contribution in [3.05, 3.63) is 70.3 Å². The maximum Gasteiger partial charge on any atom is 0.248 e. The SMILES string of the molecule is Cc1ccc(C#N)cc1/C=C/c1cccc(C(N)=O)c1. The molecule has 0 heterocycles. The molecule has 0 aliphatic rings. The molecule has 0 aliphatic carbocycles. The fourth-order valence-corrected chi connectivity index (χ4v) is 1.87. The third kappa shape index (κ3) is 3.12. The van der Waals surface area contributed by atoms with E-state index in [2.05, 4.69) is 6.07 Å². The van der Waals surface area contributed by atoms with Crippen LogP contribution in [0.1, 0.15) is 32.6 Å². The van der Waals surface area contributed by atoms with Gasteiger partial charge in [-0.15, -0.1) is 0 Å². The van der Waals surface area contributed by atoms with Gasteiger partial charge in [-0.3, -0.25) is 4.79 Å². The molecular formula is C17H14N2O. The van der Waals surface area contributed by atoms with Crippen molar-refractivity contribution in [1.82, 2.24) is 0 Å². The number of rotatable bonds is 3. The standard InChI is InChI=1S/C17H14N2O/c1-12-5-6-14(11-18)10-15(12)8-7-13-3-2-4-16(9-13)17(19)20/h2-10H,1H3,(H2,19,20)/b8-7+. The van der Waals surface area contributed by atoms with Crippen LogP contribution in [0.2, 0.25) is 0 Å². The predicted octanol–water partition coefficient (Wildman–Crippen LogP) is 3.14. The van der Waals surface area contributed by atoms with E-state index in [-0.39, 0.29) is 0 Å². The number of hydrogen-bond acceptors (Lipinski definition) is 2. The van der Waals surface area contributed by atoms with Crippen LogP contribution < -0.4 is 5.73 Å². The van der Waals surface area contributed by atoms with Gasteiger partial charge in [-0.2, -0.15) is 5.26 Å². The molecule has 0 saturated heterocycles. The lowest BCUT2D eigenvalue weighted by molar-refractivity contribution is 0.100. The summed E-state index contributed by atoms with van der Waals surface area (Å²) in [5.41, 5.74) is 9.32. The molecule has 0 bridgehead atoms. The number of hydrogen-bond donors (Lipinski definition) is 1. The molecule has 3 heteroatoms. The molecule has 0 aliphatic heterocycles. The second kappa shape index (κ2) is 5.85. The van der Waals surface area contributed by atoms with Gasteiger partial charge in [0.15, 0.2) is 0 Å². The normalized spacial score (nSPS) is 10.4. The summed E-state index contributed by atoms with van der Waals surface area (Å²) in [6, 6.07) is 14.8. The van der Waals surface area contributed by atoms with E-state index in [4.69, 9.17) is 11.0 Å². The second-order valence-corrected chi connectivity index (χ2v) is 4.51. The average Bonchev–Trinajstić information content (AvgIpc) is 2.46. The molecule has 0 aromatic heterocycles. The van der Waals surface area contributed by atoms with Crippen molar-refractivity contribution < 1.29 is 4.79 Å². The van der Waals surface area contributed by atoms with E-state index >= 15 is 0 Å². The third-order valence-corrected chi connectivity index (χ3v) is 3.03. The van der Waals surface area contributed by atoms with Gasteiger partial charge in [-0.25, -0.2) is 0 Å². The van der Waals surface area contributed by atoms with Crippen molar-refractivity contribution in [2.75, 3.05) is 0 Å². The van der Waals surface area contributed by atoms with E-state index in [1.165, 1.54) is 0 Å². The average molecular weight is 262 g/mol. The number of carbonyl (C=O) groups excluding carboxylic acids is 1. The van der Waals surface area contributed by atoms with Crippen LogP contribution in [0.15, 0.2) is 42.5 Å². The Bertz CT molecular complexity index is 724. The van der Waals surface area contributed by atoms with Crippen LogP contribution in [-0.2, 0) is 0 Å². The Morgan fingerprint density at radius 1 is 1.20 bits per heavy atom. The molecule has 20 heavy (non-hydrogen) atoms. The Labute approximate surface area is 118 Å². The zero-order valence-corrected chi connectivity index (χ0v) is 11.1. The predicted molar refractivity (Wildman–Crippen MR) is 79.8 cm³/mol. The van der Waals surface area contributed by atoms with Gasteiger partial charge in [0.1, 0.15) is 0 Å². The molecule has 2 aromatic rings. The molecule has 2 aromatic carbocycles. The summed E-state index contributed by atoms with van der Waals surface area (Å²) < 4.78 is 0. The van der Waals surface area contributed by atoms with Crippen molar-refractivity contribution >= 4 is 18.1 Å². The molecular weight excluding hydrogens is 248 g/mol. The summed E-state index contributed by atoms with van der Waals surface area (Å²) in [5.74, 6) is -0.442. The Balaban J connectivity index is 2.32. The Kier molecular flexibility index (Phi) is 3.97. The smallest absolute Gasteiger partial charge is 0.248 e. The van der Waals surface area contributed by atoms with Gasteiger partial charge in [0, 0.05) is 5.56 Å². The van der Waals surface area contributed by atoms with E-state index in [1.807, 2.05) is 37.3 Å².